The van der Waals surface area contributed by atoms with Crippen LogP contribution in [0.3, 0.4) is 0 Å². The number of piperazine rings is 1. The molecule has 1 aliphatic rings. The van der Waals surface area contributed by atoms with Gasteiger partial charge in [0.15, 0.2) is 0 Å². The molecule has 0 amide bonds. The van der Waals surface area contributed by atoms with E-state index in [2.05, 4.69) is 28.8 Å². The van der Waals surface area contributed by atoms with E-state index < -0.39 is 5.95 Å². The zero-order chi connectivity index (χ0) is 10.8. The molecule has 82 valence electrons. The van der Waals surface area contributed by atoms with Crippen molar-refractivity contribution >= 4 is 5.69 Å². The third-order valence-corrected chi connectivity index (χ3v) is 2.87. The Balaban J connectivity index is 2.17. The largest absolute Gasteiger partial charge is 0.366 e. The zero-order valence-electron chi connectivity index (χ0n) is 9.15. The van der Waals surface area contributed by atoms with E-state index >= 15 is 0 Å². The number of nitrogens with zero attached hydrogens (tertiary/aromatic N) is 3. The van der Waals surface area contributed by atoms with Crippen molar-refractivity contribution in [3.8, 4) is 0 Å². The molecule has 0 saturated carbocycles. The number of anilines is 1. The summed E-state index contributed by atoms with van der Waals surface area (Å²) >= 11 is 0. The van der Waals surface area contributed by atoms with Crippen molar-refractivity contribution in [3.05, 3.63) is 24.3 Å². The van der Waals surface area contributed by atoms with Crippen LogP contribution in [0.15, 0.2) is 18.3 Å². The zero-order valence-corrected chi connectivity index (χ0v) is 9.15. The molecule has 1 aliphatic heterocycles. The highest BCUT2D eigenvalue weighted by molar-refractivity contribution is 5.46. The Bertz CT molecular complexity index is 342. The van der Waals surface area contributed by atoms with E-state index in [-0.39, 0.29) is 0 Å². The van der Waals surface area contributed by atoms with Gasteiger partial charge in [-0.05, 0) is 20.0 Å². The molecule has 1 saturated heterocycles. The van der Waals surface area contributed by atoms with Gasteiger partial charge in [0.2, 0.25) is 5.95 Å². The summed E-state index contributed by atoms with van der Waals surface area (Å²) < 4.78 is 13.0. The van der Waals surface area contributed by atoms with E-state index in [0.717, 1.165) is 25.3 Å². The summed E-state index contributed by atoms with van der Waals surface area (Å²) in [6.45, 7) is 5.15. The number of likely N-dealkylation sites (N-methyl/N-ethyl adjacent to an activating group) is 1. The molecular formula is C11H16FN3. The third kappa shape index (κ3) is 2.26. The number of rotatable bonds is 1. The molecule has 15 heavy (non-hydrogen) atoms. The van der Waals surface area contributed by atoms with Crippen molar-refractivity contribution in [3.63, 3.8) is 0 Å². The van der Waals surface area contributed by atoms with E-state index in [4.69, 9.17) is 0 Å². The molecule has 0 spiro atoms. The summed E-state index contributed by atoms with van der Waals surface area (Å²) in [6.07, 6.45) is 1.52. The Morgan fingerprint density at radius 2 is 2.27 bits per heavy atom. The minimum Gasteiger partial charge on any atom is -0.366 e. The fourth-order valence-electron chi connectivity index (χ4n) is 2.09. The molecule has 1 aromatic heterocycles. The lowest BCUT2D eigenvalue weighted by molar-refractivity contribution is 0.275. The topological polar surface area (TPSA) is 19.4 Å². The van der Waals surface area contributed by atoms with E-state index in [9.17, 15) is 4.39 Å². The highest BCUT2D eigenvalue weighted by Gasteiger charge is 2.21. The number of aromatic nitrogens is 1. The maximum absolute atomic E-state index is 13.0. The number of halogens is 1. The predicted octanol–water partition coefficient (Wildman–Crippen LogP) is 1.36. The van der Waals surface area contributed by atoms with Crippen molar-refractivity contribution in [2.24, 2.45) is 0 Å². The molecule has 1 fully saturated rings. The predicted molar refractivity (Wildman–Crippen MR) is 58.5 cm³/mol. The first kappa shape index (κ1) is 10.4. The Hall–Kier alpha value is -1.16. The van der Waals surface area contributed by atoms with Gasteiger partial charge in [0.1, 0.15) is 0 Å². The molecule has 2 rings (SSSR count). The first-order chi connectivity index (χ1) is 7.16. The van der Waals surface area contributed by atoms with Gasteiger partial charge in [0.05, 0.1) is 0 Å². The molecule has 1 unspecified atom stereocenters. The summed E-state index contributed by atoms with van der Waals surface area (Å²) in [4.78, 5) is 8.09. The molecule has 1 atom stereocenters. The molecule has 2 heterocycles. The highest BCUT2D eigenvalue weighted by Crippen LogP contribution is 2.19. The minimum atomic E-state index is -0.404. The average Bonchev–Trinajstić information content (AvgIpc) is 2.17. The van der Waals surface area contributed by atoms with Crippen molar-refractivity contribution in [1.82, 2.24) is 9.88 Å². The molecular weight excluding hydrogens is 193 g/mol. The van der Waals surface area contributed by atoms with Crippen LogP contribution in [0.5, 0.6) is 0 Å². The Labute approximate surface area is 89.5 Å². The summed E-state index contributed by atoms with van der Waals surface area (Å²) in [5.74, 6) is -0.404. The van der Waals surface area contributed by atoms with Crippen LogP contribution in [0.2, 0.25) is 0 Å². The van der Waals surface area contributed by atoms with Crippen LogP contribution in [0, 0.1) is 5.95 Å². The third-order valence-electron chi connectivity index (χ3n) is 2.87. The first-order valence-corrected chi connectivity index (χ1v) is 5.23. The molecule has 0 radical (unpaired) electrons. The second kappa shape index (κ2) is 4.14. The van der Waals surface area contributed by atoms with Crippen molar-refractivity contribution in [2.45, 2.75) is 13.0 Å². The van der Waals surface area contributed by atoms with Gasteiger partial charge in [-0.15, -0.1) is 0 Å². The second-order valence-electron chi connectivity index (χ2n) is 4.14. The van der Waals surface area contributed by atoms with Gasteiger partial charge in [-0.1, -0.05) is 0 Å². The average molecular weight is 209 g/mol. The van der Waals surface area contributed by atoms with Gasteiger partial charge in [-0.25, -0.2) is 4.98 Å². The number of hydrogen-bond acceptors (Lipinski definition) is 3. The molecule has 3 nitrogen and oxygen atoms in total. The van der Waals surface area contributed by atoms with Crippen molar-refractivity contribution in [2.75, 3.05) is 31.6 Å². The van der Waals surface area contributed by atoms with Gasteiger partial charge in [0.25, 0.3) is 0 Å². The normalized spacial score (nSPS) is 23.1. The Kier molecular flexibility index (Phi) is 2.86. The van der Waals surface area contributed by atoms with E-state index in [1.165, 1.54) is 12.3 Å². The molecule has 0 bridgehead atoms. The van der Waals surface area contributed by atoms with Crippen LogP contribution in [0.4, 0.5) is 10.1 Å². The lowest BCUT2D eigenvalue weighted by atomic mass is 10.2. The summed E-state index contributed by atoms with van der Waals surface area (Å²) in [7, 11) is 2.11. The Morgan fingerprint density at radius 1 is 1.47 bits per heavy atom. The van der Waals surface area contributed by atoms with Crippen LogP contribution in [-0.4, -0.2) is 42.6 Å². The highest BCUT2D eigenvalue weighted by atomic mass is 19.1. The number of hydrogen-bond donors (Lipinski definition) is 0. The van der Waals surface area contributed by atoms with Crippen LogP contribution >= 0.6 is 0 Å². The lowest BCUT2D eigenvalue weighted by Gasteiger charge is -2.39. The van der Waals surface area contributed by atoms with E-state index in [1.54, 1.807) is 0 Å². The molecule has 0 aromatic carbocycles. The lowest BCUT2D eigenvalue weighted by Crippen LogP contribution is -2.50. The van der Waals surface area contributed by atoms with Crippen LogP contribution < -0.4 is 4.90 Å². The fraction of sp³-hybridized carbons (Fsp3) is 0.545. The van der Waals surface area contributed by atoms with Crippen molar-refractivity contribution < 1.29 is 4.39 Å². The van der Waals surface area contributed by atoms with Crippen molar-refractivity contribution in [1.29, 1.82) is 0 Å². The quantitative estimate of drug-likeness (QED) is 0.651. The standard InChI is InChI=1S/C11H16FN3/c1-9-8-14(2)5-6-15(9)10-3-4-13-11(12)7-10/h3-4,7,9H,5-6,8H2,1-2H3. The minimum absolute atomic E-state index is 0.404. The maximum atomic E-state index is 13.0. The van der Waals surface area contributed by atoms with Gasteiger partial charge < -0.3 is 9.80 Å². The summed E-state index contributed by atoms with van der Waals surface area (Å²) in [5.41, 5.74) is 0.933. The molecule has 4 heteroatoms. The first-order valence-electron chi connectivity index (χ1n) is 5.23. The second-order valence-corrected chi connectivity index (χ2v) is 4.14. The molecule has 0 aliphatic carbocycles. The van der Waals surface area contributed by atoms with E-state index in [0.29, 0.717) is 6.04 Å². The summed E-state index contributed by atoms with van der Waals surface area (Å²) in [6, 6.07) is 3.79. The van der Waals surface area contributed by atoms with Gasteiger partial charge in [0, 0.05) is 43.6 Å². The van der Waals surface area contributed by atoms with Gasteiger partial charge >= 0.3 is 0 Å². The number of pyridine rings is 1. The van der Waals surface area contributed by atoms with E-state index in [1.807, 2.05) is 6.07 Å². The van der Waals surface area contributed by atoms with Crippen LogP contribution in [0.1, 0.15) is 6.92 Å². The summed E-state index contributed by atoms with van der Waals surface area (Å²) in [5, 5.41) is 0. The molecule has 1 aromatic rings. The van der Waals surface area contributed by atoms with Gasteiger partial charge in [-0.3, -0.25) is 0 Å². The maximum Gasteiger partial charge on any atom is 0.214 e. The van der Waals surface area contributed by atoms with Crippen LogP contribution in [-0.2, 0) is 0 Å². The Morgan fingerprint density at radius 3 is 2.93 bits per heavy atom. The smallest absolute Gasteiger partial charge is 0.214 e. The van der Waals surface area contributed by atoms with Crippen LogP contribution in [0.25, 0.3) is 0 Å². The van der Waals surface area contributed by atoms with Gasteiger partial charge in [-0.2, -0.15) is 4.39 Å². The molecule has 0 N–H and O–H groups in total. The SMILES string of the molecule is CC1CN(C)CCN1c1ccnc(F)c1. The monoisotopic (exact) mass is 209 g/mol. The fourth-order valence-corrected chi connectivity index (χ4v) is 2.09.